The van der Waals surface area contributed by atoms with Crippen molar-refractivity contribution in [2.24, 2.45) is 11.8 Å². The van der Waals surface area contributed by atoms with E-state index >= 15 is 0 Å². The molecule has 1 aliphatic heterocycles. The normalized spacial score (nSPS) is 19.6. The van der Waals surface area contributed by atoms with Gasteiger partial charge in [0.05, 0.1) is 5.69 Å². The molecule has 0 bridgehead atoms. The second kappa shape index (κ2) is 8.01. The maximum absolute atomic E-state index is 12.3. The van der Waals surface area contributed by atoms with E-state index in [1.165, 1.54) is 17.7 Å². The lowest BCUT2D eigenvalue weighted by Crippen LogP contribution is -2.37. The largest absolute Gasteiger partial charge is 0.355 e. The zero-order valence-electron chi connectivity index (χ0n) is 17.3. The van der Waals surface area contributed by atoms with Crippen molar-refractivity contribution in [3.63, 3.8) is 0 Å². The Labute approximate surface area is 175 Å². The van der Waals surface area contributed by atoms with Gasteiger partial charge in [0.1, 0.15) is 0 Å². The number of aromatic nitrogens is 6. The third-order valence-corrected chi connectivity index (χ3v) is 6.35. The monoisotopic (exact) mass is 405 g/mol. The Morgan fingerprint density at radius 2 is 1.97 bits per heavy atom. The molecule has 1 unspecified atom stereocenters. The van der Waals surface area contributed by atoms with Gasteiger partial charge in [-0.25, -0.2) is 9.36 Å². The highest BCUT2D eigenvalue weighted by Crippen LogP contribution is 2.28. The molecular weight excluding hydrogens is 378 g/mol. The van der Waals surface area contributed by atoms with Crippen LogP contribution in [0.4, 0.5) is 5.82 Å². The Balaban J connectivity index is 1.24. The average molecular weight is 406 g/mol. The lowest BCUT2D eigenvalue weighted by Gasteiger charge is -2.33. The summed E-state index contributed by atoms with van der Waals surface area (Å²) in [6.07, 6.45) is 8.92. The summed E-state index contributed by atoms with van der Waals surface area (Å²) in [5.41, 5.74) is 2.48. The molecule has 1 fully saturated rings. The summed E-state index contributed by atoms with van der Waals surface area (Å²) in [7, 11) is 0. The van der Waals surface area contributed by atoms with Crippen molar-refractivity contribution in [3.8, 4) is 5.82 Å². The summed E-state index contributed by atoms with van der Waals surface area (Å²) in [5, 5.41) is 17.7. The van der Waals surface area contributed by atoms with Crippen molar-refractivity contribution >= 4 is 5.82 Å². The van der Waals surface area contributed by atoms with Gasteiger partial charge in [0.25, 0.3) is 5.56 Å². The molecule has 1 atom stereocenters. The van der Waals surface area contributed by atoms with Gasteiger partial charge in [-0.15, -0.1) is 10.2 Å². The van der Waals surface area contributed by atoms with Gasteiger partial charge < -0.3 is 4.90 Å². The number of hydrogen-bond acceptors (Lipinski definition) is 6. The van der Waals surface area contributed by atoms with Gasteiger partial charge in [-0.05, 0) is 67.7 Å². The van der Waals surface area contributed by atoms with E-state index in [2.05, 4.69) is 38.3 Å². The number of anilines is 1. The minimum atomic E-state index is -0.0667. The molecule has 0 amide bonds. The van der Waals surface area contributed by atoms with Crippen LogP contribution >= 0.6 is 0 Å². The molecule has 0 spiro atoms. The predicted octanol–water partition coefficient (Wildman–Crippen LogP) is 2.26. The van der Waals surface area contributed by atoms with E-state index in [1.807, 2.05) is 12.3 Å². The molecule has 0 aromatic carbocycles. The summed E-state index contributed by atoms with van der Waals surface area (Å²) in [6, 6.07) is 7.38. The van der Waals surface area contributed by atoms with Gasteiger partial charge in [0.15, 0.2) is 11.6 Å². The molecule has 8 heteroatoms. The van der Waals surface area contributed by atoms with Crippen LogP contribution in [-0.2, 0) is 19.4 Å². The van der Waals surface area contributed by atoms with E-state index in [0.717, 1.165) is 50.5 Å². The molecule has 156 valence electrons. The topological polar surface area (TPSA) is 81.7 Å². The first-order valence-electron chi connectivity index (χ1n) is 10.8. The maximum atomic E-state index is 12.3. The highest BCUT2D eigenvalue weighted by atomic mass is 16.1. The second-order valence-electron chi connectivity index (χ2n) is 8.62. The van der Waals surface area contributed by atoms with Gasteiger partial charge in [0, 0.05) is 38.1 Å². The Hall–Kier alpha value is -3.03. The van der Waals surface area contributed by atoms with Crippen LogP contribution in [0, 0.1) is 11.8 Å². The van der Waals surface area contributed by atoms with Gasteiger partial charge >= 0.3 is 0 Å². The minimum Gasteiger partial charge on any atom is -0.355 e. The Bertz CT molecular complexity index is 1070. The molecular formula is C22H27N7O. The van der Waals surface area contributed by atoms with Crippen molar-refractivity contribution < 1.29 is 0 Å². The highest BCUT2D eigenvalue weighted by molar-refractivity contribution is 5.42. The Morgan fingerprint density at radius 1 is 1.10 bits per heavy atom. The molecule has 0 radical (unpaired) electrons. The fourth-order valence-corrected chi connectivity index (χ4v) is 4.53. The van der Waals surface area contributed by atoms with E-state index in [0.29, 0.717) is 18.3 Å². The van der Waals surface area contributed by atoms with Gasteiger partial charge in [-0.2, -0.15) is 10.2 Å². The standard InChI is InChI=1S/C22H27N7O/c1-16-3-4-19-18(13-16)14-21(25-24-19)27-11-7-17(8-12-27)15-29-22(30)6-5-20(26-29)28-10-2-9-23-28/h2,5-6,9-10,14,16-17H,3-4,7-8,11-13,15H2,1H3. The molecule has 1 aliphatic carbocycles. The lowest BCUT2D eigenvalue weighted by atomic mass is 9.88. The quantitative estimate of drug-likeness (QED) is 0.662. The first-order valence-corrected chi connectivity index (χ1v) is 10.8. The number of rotatable bonds is 4. The molecule has 3 aromatic heterocycles. The van der Waals surface area contributed by atoms with Crippen molar-refractivity contribution in [2.45, 2.75) is 45.6 Å². The fourth-order valence-electron chi connectivity index (χ4n) is 4.53. The van der Waals surface area contributed by atoms with Crippen molar-refractivity contribution in [2.75, 3.05) is 18.0 Å². The van der Waals surface area contributed by atoms with Crippen LogP contribution < -0.4 is 10.5 Å². The third kappa shape index (κ3) is 3.86. The Kier molecular flexibility index (Phi) is 5.06. The van der Waals surface area contributed by atoms with Crippen molar-refractivity contribution in [1.82, 2.24) is 29.8 Å². The van der Waals surface area contributed by atoms with Crippen LogP contribution in [0.25, 0.3) is 5.82 Å². The summed E-state index contributed by atoms with van der Waals surface area (Å²) in [4.78, 5) is 14.6. The van der Waals surface area contributed by atoms with E-state index in [1.54, 1.807) is 27.7 Å². The number of hydrogen-bond donors (Lipinski definition) is 0. The molecule has 2 aliphatic rings. The maximum Gasteiger partial charge on any atom is 0.266 e. The summed E-state index contributed by atoms with van der Waals surface area (Å²) >= 11 is 0. The zero-order chi connectivity index (χ0) is 20.5. The molecule has 0 saturated carbocycles. The van der Waals surface area contributed by atoms with Crippen LogP contribution in [0.1, 0.15) is 37.4 Å². The van der Waals surface area contributed by atoms with E-state index in [9.17, 15) is 4.79 Å². The molecule has 1 saturated heterocycles. The van der Waals surface area contributed by atoms with Crippen LogP contribution in [0.5, 0.6) is 0 Å². The van der Waals surface area contributed by atoms with Crippen LogP contribution in [-0.4, -0.2) is 42.8 Å². The van der Waals surface area contributed by atoms with E-state index in [4.69, 9.17) is 0 Å². The molecule has 5 rings (SSSR count). The number of nitrogens with zero attached hydrogens (tertiary/aromatic N) is 7. The Morgan fingerprint density at radius 3 is 2.77 bits per heavy atom. The van der Waals surface area contributed by atoms with E-state index < -0.39 is 0 Å². The third-order valence-electron chi connectivity index (χ3n) is 6.35. The molecule has 4 heterocycles. The van der Waals surface area contributed by atoms with Crippen LogP contribution in [0.3, 0.4) is 0 Å². The van der Waals surface area contributed by atoms with Gasteiger partial charge in [-0.1, -0.05) is 6.92 Å². The number of piperidine rings is 1. The fraction of sp³-hybridized carbons (Fsp3) is 0.500. The molecule has 0 N–H and O–H groups in total. The summed E-state index contributed by atoms with van der Waals surface area (Å²) in [6.45, 7) is 4.81. The molecule has 3 aromatic rings. The van der Waals surface area contributed by atoms with E-state index in [-0.39, 0.29) is 5.56 Å². The van der Waals surface area contributed by atoms with Crippen LogP contribution in [0.15, 0.2) is 41.5 Å². The predicted molar refractivity (Wildman–Crippen MR) is 114 cm³/mol. The highest BCUT2D eigenvalue weighted by Gasteiger charge is 2.24. The molecule has 8 nitrogen and oxygen atoms in total. The lowest BCUT2D eigenvalue weighted by molar-refractivity contribution is 0.333. The minimum absolute atomic E-state index is 0.0667. The SMILES string of the molecule is CC1CCc2nnc(N3CCC(Cn4nc(-n5cccn5)ccc4=O)CC3)cc2C1. The summed E-state index contributed by atoms with van der Waals surface area (Å²) in [5.74, 6) is 2.81. The average Bonchev–Trinajstić information content (AvgIpc) is 3.30. The molecule has 30 heavy (non-hydrogen) atoms. The zero-order valence-corrected chi connectivity index (χ0v) is 17.3. The second-order valence-corrected chi connectivity index (χ2v) is 8.62. The van der Waals surface area contributed by atoms with Crippen molar-refractivity contribution in [3.05, 3.63) is 58.3 Å². The summed E-state index contributed by atoms with van der Waals surface area (Å²) < 4.78 is 3.26. The van der Waals surface area contributed by atoms with Gasteiger partial charge in [-0.3, -0.25) is 4.79 Å². The first-order chi connectivity index (χ1) is 14.7. The number of aryl methyl sites for hydroxylation is 1. The first kappa shape index (κ1) is 19.0. The van der Waals surface area contributed by atoms with Crippen molar-refractivity contribution in [1.29, 1.82) is 0 Å². The van der Waals surface area contributed by atoms with Crippen LogP contribution in [0.2, 0.25) is 0 Å². The number of fused-ring (bicyclic) bond motifs is 1. The smallest absolute Gasteiger partial charge is 0.266 e. The van der Waals surface area contributed by atoms with Gasteiger partial charge in [0.2, 0.25) is 0 Å².